The Hall–Kier alpha value is -0.0900. The van der Waals surface area contributed by atoms with Crippen LogP contribution in [-0.4, -0.2) is 32.0 Å². The standard InChI is InChI=1S/C11H21NO2S/c1-2-10-7-15(13,14)8-11(12-10)9-5-3-4-6-9/h9-12H,2-8H2,1H3. The molecule has 88 valence electrons. The van der Waals surface area contributed by atoms with Crippen molar-refractivity contribution >= 4 is 9.84 Å². The molecular formula is C11H21NO2S. The van der Waals surface area contributed by atoms with E-state index in [4.69, 9.17) is 0 Å². The Morgan fingerprint density at radius 3 is 2.47 bits per heavy atom. The fraction of sp³-hybridized carbons (Fsp3) is 1.00. The summed E-state index contributed by atoms with van der Waals surface area (Å²) >= 11 is 0. The lowest BCUT2D eigenvalue weighted by molar-refractivity contribution is 0.334. The zero-order valence-electron chi connectivity index (χ0n) is 9.41. The van der Waals surface area contributed by atoms with E-state index in [1.165, 1.54) is 25.7 Å². The maximum absolute atomic E-state index is 11.7. The zero-order chi connectivity index (χ0) is 10.9. The Morgan fingerprint density at radius 2 is 1.87 bits per heavy atom. The number of hydrogen-bond acceptors (Lipinski definition) is 3. The van der Waals surface area contributed by atoms with Crippen molar-refractivity contribution in [3.8, 4) is 0 Å². The van der Waals surface area contributed by atoms with Gasteiger partial charge in [-0.3, -0.25) is 0 Å². The molecule has 15 heavy (non-hydrogen) atoms. The van der Waals surface area contributed by atoms with E-state index in [9.17, 15) is 8.42 Å². The number of hydrogen-bond donors (Lipinski definition) is 1. The normalized spacial score (nSPS) is 36.9. The smallest absolute Gasteiger partial charge is 0.153 e. The molecule has 1 saturated carbocycles. The predicted octanol–water partition coefficient (Wildman–Crippen LogP) is 1.34. The van der Waals surface area contributed by atoms with Crippen LogP contribution < -0.4 is 5.32 Å². The lowest BCUT2D eigenvalue weighted by atomic mass is 9.98. The van der Waals surface area contributed by atoms with Crippen LogP contribution in [0.3, 0.4) is 0 Å². The molecule has 0 radical (unpaired) electrons. The van der Waals surface area contributed by atoms with E-state index in [-0.39, 0.29) is 12.1 Å². The molecule has 1 heterocycles. The van der Waals surface area contributed by atoms with Crippen LogP contribution in [0.25, 0.3) is 0 Å². The van der Waals surface area contributed by atoms with Crippen molar-refractivity contribution in [3.05, 3.63) is 0 Å². The molecule has 2 rings (SSSR count). The molecule has 0 amide bonds. The van der Waals surface area contributed by atoms with Gasteiger partial charge in [0.15, 0.2) is 9.84 Å². The summed E-state index contributed by atoms with van der Waals surface area (Å²) < 4.78 is 23.5. The van der Waals surface area contributed by atoms with Crippen LogP contribution in [0, 0.1) is 5.92 Å². The monoisotopic (exact) mass is 231 g/mol. The second-order valence-electron chi connectivity index (χ2n) is 5.00. The van der Waals surface area contributed by atoms with E-state index in [2.05, 4.69) is 12.2 Å². The van der Waals surface area contributed by atoms with E-state index >= 15 is 0 Å². The van der Waals surface area contributed by atoms with Crippen LogP contribution in [0.15, 0.2) is 0 Å². The van der Waals surface area contributed by atoms with Crippen LogP contribution in [0.5, 0.6) is 0 Å². The zero-order valence-corrected chi connectivity index (χ0v) is 10.2. The Kier molecular flexibility index (Phi) is 3.36. The summed E-state index contributed by atoms with van der Waals surface area (Å²) in [4.78, 5) is 0. The summed E-state index contributed by atoms with van der Waals surface area (Å²) in [5, 5.41) is 3.52. The first-order valence-corrected chi connectivity index (χ1v) is 7.89. The molecule has 1 aliphatic heterocycles. The van der Waals surface area contributed by atoms with Crippen molar-refractivity contribution in [2.24, 2.45) is 5.92 Å². The van der Waals surface area contributed by atoms with Gasteiger partial charge >= 0.3 is 0 Å². The second-order valence-corrected chi connectivity index (χ2v) is 7.15. The van der Waals surface area contributed by atoms with Gasteiger partial charge in [-0.25, -0.2) is 8.42 Å². The maximum atomic E-state index is 11.7. The summed E-state index contributed by atoms with van der Waals surface area (Å²) in [5.74, 6) is 1.31. The van der Waals surface area contributed by atoms with Crippen molar-refractivity contribution < 1.29 is 8.42 Å². The highest BCUT2D eigenvalue weighted by atomic mass is 32.2. The quantitative estimate of drug-likeness (QED) is 0.780. The van der Waals surface area contributed by atoms with E-state index in [0.29, 0.717) is 17.4 Å². The highest BCUT2D eigenvalue weighted by Crippen LogP contribution is 2.30. The van der Waals surface area contributed by atoms with Gasteiger partial charge in [0.25, 0.3) is 0 Å². The molecule has 4 heteroatoms. The maximum Gasteiger partial charge on any atom is 0.153 e. The van der Waals surface area contributed by atoms with Crippen molar-refractivity contribution in [1.82, 2.24) is 5.32 Å². The number of sulfone groups is 1. The Bertz CT molecular complexity index is 307. The average Bonchev–Trinajstić information content (AvgIpc) is 2.68. The molecule has 2 unspecified atom stereocenters. The fourth-order valence-electron chi connectivity index (χ4n) is 2.91. The third kappa shape index (κ3) is 2.72. The molecule has 2 fully saturated rings. The summed E-state index contributed by atoms with van der Waals surface area (Å²) in [6, 6.07) is 0.422. The van der Waals surface area contributed by atoms with E-state index < -0.39 is 9.84 Å². The molecular weight excluding hydrogens is 210 g/mol. The van der Waals surface area contributed by atoms with Crippen LogP contribution in [0.1, 0.15) is 39.0 Å². The molecule has 2 aliphatic rings. The van der Waals surface area contributed by atoms with Crippen molar-refractivity contribution in [2.45, 2.75) is 51.1 Å². The average molecular weight is 231 g/mol. The fourth-order valence-corrected chi connectivity index (χ4v) is 4.91. The molecule has 1 aliphatic carbocycles. The second kappa shape index (κ2) is 4.42. The van der Waals surface area contributed by atoms with Gasteiger partial charge in [0.1, 0.15) is 0 Å². The highest BCUT2D eigenvalue weighted by Gasteiger charge is 2.35. The largest absolute Gasteiger partial charge is 0.309 e. The summed E-state index contributed by atoms with van der Waals surface area (Å²) in [5.41, 5.74) is 0. The number of rotatable bonds is 2. The predicted molar refractivity (Wildman–Crippen MR) is 61.6 cm³/mol. The van der Waals surface area contributed by atoms with Crippen molar-refractivity contribution in [2.75, 3.05) is 11.5 Å². The van der Waals surface area contributed by atoms with Gasteiger partial charge in [-0.15, -0.1) is 0 Å². The van der Waals surface area contributed by atoms with Gasteiger partial charge in [-0.05, 0) is 25.2 Å². The molecule has 0 aromatic heterocycles. The third-order valence-corrected chi connectivity index (χ3v) is 5.58. The van der Waals surface area contributed by atoms with Gasteiger partial charge in [0.2, 0.25) is 0 Å². The third-order valence-electron chi connectivity index (χ3n) is 3.80. The van der Waals surface area contributed by atoms with Gasteiger partial charge < -0.3 is 5.32 Å². The lowest BCUT2D eigenvalue weighted by Crippen LogP contribution is -2.54. The molecule has 0 aromatic rings. The van der Waals surface area contributed by atoms with Gasteiger partial charge in [-0.1, -0.05) is 19.8 Å². The van der Waals surface area contributed by atoms with Gasteiger partial charge in [0.05, 0.1) is 11.5 Å². The van der Waals surface area contributed by atoms with Crippen LogP contribution in [-0.2, 0) is 9.84 Å². The van der Waals surface area contributed by atoms with E-state index in [0.717, 1.165) is 6.42 Å². The minimum Gasteiger partial charge on any atom is -0.309 e. The molecule has 0 aromatic carbocycles. The summed E-state index contributed by atoms with van der Waals surface area (Å²) in [6.45, 7) is 2.06. The van der Waals surface area contributed by atoms with Gasteiger partial charge in [0, 0.05) is 12.1 Å². The summed E-state index contributed by atoms with van der Waals surface area (Å²) in [6.07, 6.45) is 5.90. The minimum absolute atomic E-state index is 0.189. The topological polar surface area (TPSA) is 46.2 Å². The van der Waals surface area contributed by atoms with E-state index in [1.54, 1.807) is 0 Å². The van der Waals surface area contributed by atoms with Crippen LogP contribution in [0.2, 0.25) is 0 Å². The first-order valence-electron chi connectivity index (χ1n) is 6.07. The Balaban J connectivity index is 2.05. The molecule has 1 N–H and O–H groups in total. The highest BCUT2D eigenvalue weighted by molar-refractivity contribution is 7.91. The Labute approximate surface area is 92.6 Å². The van der Waals surface area contributed by atoms with Crippen LogP contribution >= 0.6 is 0 Å². The Morgan fingerprint density at radius 1 is 1.20 bits per heavy atom. The first kappa shape index (κ1) is 11.4. The SMILES string of the molecule is CCC1CS(=O)(=O)CC(C2CCCC2)N1. The first-order chi connectivity index (χ1) is 7.11. The van der Waals surface area contributed by atoms with Gasteiger partial charge in [-0.2, -0.15) is 0 Å². The van der Waals surface area contributed by atoms with Crippen molar-refractivity contribution in [1.29, 1.82) is 0 Å². The molecule has 0 bridgehead atoms. The molecule has 2 atom stereocenters. The summed E-state index contributed by atoms with van der Waals surface area (Å²) in [7, 11) is -2.79. The molecule has 0 spiro atoms. The lowest BCUT2D eigenvalue weighted by Gasteiger charge is -2.34. The molecule has 1 saturated heterocycles. The van der Waals surface area contributed by atoms with E-state index in [1.807, 2.05) is 0 Å². The minimum atomic E-state index is -2.79. The van der Waals surface area contributed by atoms with Crippen LogP contribution in [0.4, 0.5) is 0 Å². The van der Waals surface area contributed by atoms with Crippen molar-refractivity contribution in [3.63, 3.8) is 0 Å². The number of nitrogens with one attached hydrogen (secondary N) is 1. The molecule has 3 nitrogen and oxygen atoms in total.